The average molecular weight is 283 g/mol. The number of aryl methyl sites for hydroxylation is 1. The summed E-state index contributed by atoms with van der Waals surface area (Å²) in [7, 11) is 3.68. The maximum atomic E-state index is 4.22. The van der Waals surface area contributed by atoms with Crippen LogP contribution in [0.1, 0.15) is 17.6 Å². The van der Waals surface area contributed by atoms with E-state index >= 15 is 0 Å². The number of nitrogens with zero attached hydrogens (tertiary/aromatic N) is 5. The molecule has 0 saturated heterocycles. The molecule has 0 bridgehead atoms. The van der Waals surface area contributed by atoms with Gasteiger partial charge in [0, 0.05) is 19.4 Å². The van der Waals surface area contributed by atoms with Gasteiger partial charge < -0.3 is 5.32 Å². The van der Waals surface area contributed by atoms with Crippen LogP contribution >= 0.6 is 15.9 Å². The van der Waals surface area contributed by atoms with Crippen LogP contribution in [0.15, 0.2) is 23.1 Å². The number of hydrogen-bond acceptors (Lipinski definition) is 5. The molecule has 0 aliphatic carbocycles. The third-order valence-electron chi connectivity index (χ3n) is 2.23. The lowest BCUT2D eigenvalue weighted by Crippen LogP contribution is -2.23. The molecule has 0 saturated carbocycles. The molecule has 2 rings (SSSR count). The molecular formula is C9H11BrN6. The fourth-order valence-electron chi connectivity index (χ4n) is 1.49. The Balaban J connectivity index is 2.45. The Bertz CT molecular complexity index is 449. The highest BCUT2D eigenvalue weighted by atomic mass is 79.9. The Labute approximate surface area is 101 Å². The molecule has 0 aliphatic rings. The van der Waals surface area contributed by atoms with E-state index in [-0.39, 0.29) is 6.04 Å². The largest absolute Gasteiger partial charge is 0.305 e. The van der Waals surface area contributed by atoms with Crippen LogP contribution in [0.3, 0.4) is 0 Å². The monoisotopic (exact) mass is 282 g/mol. The van der Waals surface area contributed by atoms with E-state index in [0.717, 1.165) is 5.69 Å². The molecule has 1 atom stereocenters. The van der Waals surface area contributed by atoms with Crippen molar-refractivity contribution in [2.24, 2.45) is 7.05 Å². The van der Waals surface area contributed by atoms with Gasteiger partial charge in [-0.3, -0.25) is 0 Å². The van der Waals surface area contributed by atoms with Crippen molar-refractivity contribution in [3.63, 3.8) is 0 Å². The molecule has 7 heteroatoms. The highest BCUT2D eigenvalue weighted by molar-refractivity contribution is 9.10. The summed E-state index contributed by atoms with van der Waals surface area (Å²) in [5, 5.41) is 11.0. The molecule has 2 aromatic rings. The normalized spacial score (nSPS) is 12.7. The Morgan fingerprint density at radius 3 is 2.56 bits per heavy atom. The molecule has 0 amide bonds. The topological polar surface area (TPSA) is 68.5 Å². The SMILES string of the molecule is CNC(c1ncccn1)c1c(Br)nnn1C. The Hall–Kier alpha value is -1.34. The molecule has 0 aliphatic heterocycles. The third-order valence-corrected chi connectivity index (χ3v) is 2.80. The van der Waals surface area contributed by atoms with Gasteiger partial charge in [-0.25, -0.2) is 14.6 Å². The van der Waals surface area contributed by atoms with Gasteiger partial charge in [-0.1, -0.05) is 5.21 Å². The number of rotatable bonds is 3. The van der Waals surface area contributed by atoms with Gasteiger partial charge in [0.15, 0.2) is 10.4 Å². The first-order valence-corrected chi connectivity index (χ1v) is 5.52. The van der Waals surface area contributed by atoms with Crippen LogP contribution < -0.4 is 5.32 Å². The Morgan fingerprint density at radius 2 is 2.06 bits per heavy atom. The Kier molecular flexibility index (Phi) is 3.25. The van der Waals surface area contributed by atoms with Crippen LogP contribution in [0, 0.1) is 0 Å². The molecule has 0 spiro atoms. The van der Waals surface area contributed by atoms with E-state index in [1.54, 1.807) is 23.1 Å². The van der Waals surface area contributed by atoms with Crippen LogP contribution in [-0.4, -0.2) is 32.0 Å². The van der Waals surface area contributed by atoms with Crippen LogP contribution in [-0.2, 0) is 7.05 Å². The summed E-state index contributed by atoms with van der Waals surface area (Å²) in [5.41, 5.74) is 0.897. The van der Waals surface area contributed by atoms with Crippen molar-refractivity contribution >= 4 is 15.9 Å². The van der Waals surface area contributed by atoms with Crippen LogP contribution in [0.25, 0.3) is 0 Å². The van der Waals surface area contributed by atoms with Gasteiger partial charge in [0.05, 0.1) is 5.69 Å². The minimum Gasteiger partial charge on any atom is -0.305 e. The highest BCUT2D eigenvalue weighted by Gasteiger charge is 2.22. The van der Waals surface area contributed by atoms with E-state index in [9.17, 15) is 0 Å². The lowest BCUT2D eigenvalue weighted by Gasteiger charge is -2.14. The summed E-state index contributed by atoms with van der Waals surface area (Å²) in [6, 6.07) is 1.66. The van der Waals surface area contributed by atoms with Gasteiger partial charge in [-0.05, 0) is 29.0 Å². The van der Waals surface area contributed by atoms with E-state index in [1.165, 1.54) is 0 Å². The van der Waals surface area contributed by atoms with E-state index < -0.39 is 0 Å². The fraction of sp³-hybridized carbons (Fsp3) is 0.333. The summed E-state index contributed by atoms with van der Waals surface area (Å²) in [6.45, 7) is 0. The van der Waals surface area contributed by atoms with Gasteiger partial charge in [-0.15, -0.1) is 5.10 Å². The molecular weight excluding hydrogens is 272 g/mol. The molecule has 0 fully saturated rings. The molecule has 2 heterocycles. The molecule has 6 nitrogen and oxygen atoms in total. The van der Waals surface area contributed by atoms with E-state index in [0.29, 0.717) is 10.4 Å². The molecule has 84 valence electrons. The van der Waals surface area contributed by atoms with Gasteiger partial charge in [0.1, 0.15) is 6.04 Å². The zero-order chi connectivity index (χ0) is 11.5. The van der Waals surface area contributed by atoms with E-state index in [1.807, 2.05) is 14.1 Å². The average Bonchev–Trinajstić information content (AvgIpc) is 2.63. The molecule has 2 aromatic heterocycles. The van der Waals surface area contributed by atoms with Crippen molar-refractivity contribution in [1.29, 1.82) is 0 Å². The van der Waals surface area contributed by atoms with Crippen LogP contribution in [0.4, 0.5) is 0 Å². The van der Waals surface area contributed by atoms with Crippen LogP contribution in [0.2, 0.25) is 0 Å². The van der Waals surface area contributed by atoms with Gasteiger partial charge in [0.2, 0.25) is 0 Å². The smallest absolute Gasteiger partial charge is 0.153 e. The Morgan fingerprint density at radius 1 is 1.38 bits per heavy atom. The van der Waals surface area contributed by atoms with Crippen molar-refractivity contribution in [2.45, 2.75) is 6.04 Å². The summed E-state index contributed by atoms with van der Waals surface area (Å²) >= 11 is 3.37. The lowest BCUT2D eigenvalue weighted by atomic mass is 10.2. The van der Waals surface area contributed by atoms with E-state index in [4.69, 9.17) is 0 Å². The first-order chi connectivity index (χ1) is 7.74. The highest BCUT2D eigenvalue weighted by Crippen LogP contribution is 2.23. The first kappa shape index (κ1) is 11.2. The van der Waals surface area contributed by atoms with Crippen molar-refractivity contribution in [1.82, 2.24) is 30.3 Å². The lowest BCUT2D eigenvalue weighted by molar-refractivity contribution is 0.573. The maximum absolute atomic E-state index is 4.22. The minimum absolute atomic E-state index is 0.129. The second-order valence-corrected chi connectivity index (χ2v) is 3.97. The molecule has 0 radical (unpaired) electrons. The van der Waals surface area contributed by atoms with Crippen molar-refractivity contribution in [3.8, 4) is 0 Å². The van der Waals surface area contributed by atoms with Gasteiger partial charge >= 0.3 is 0 Å². The number of halogens is 1. The van der Waals surface area contributed by atoms with Crippen molar-refractivity contribution in [3.05, 3.63) is 34.6 Å². The van der Waals surface area contributed by atoms with E-state index in [2.05, 4.69) is 41.5 Å². The molecule has 16 heavy (non-hydrogen) atoms. The predicted molar refractivity (Wildman–Crippen MR) is 61.6 cm³/mol. The summed E-state index contributed by atoms with van der Waals surface area (Å²) in [6.07, 6.45) is 3.43. The second-order valence-electron chi connectivity index (χ2n) is 3.22. The van der Waals surface area contributed by atoms with Gasteiger partial charge in [0.25, 0.3) is 0 Å². The minimum atomic E-state index is -0.129. The number of nitrogens with one attached hydrogen (secondary N) is 1. The van der Waals surface area contributed by atoms with Crippen molar-refractivity contribution in [2.75, 3.05) is 7.05 Å². The summed E-state index contributed by atoms with van der Waals surface area (Å²) in [4.78, 5) is 8.45. The molecule has 1 unspecified atom stereocenters. The van der Waals surface area contributed by atoms with Crippen LogP contribution in [0.5, 0.6) is 0 Å². The number of hydrogen-bond donors (Lipinski definition) is 1. The molecule has 1 N–H and O–H groups in total. The number of aromatic nitrogens is 5. The van der Waals surface area contributed by atoms with Crippen molar-refractivity contribution < 1.29 is 0 Å². The predicted octanol–water partition coefficient (Wildman–Crippen LogP) is 0.676. The molecule has 0 aromatic carbocycles. The maximum Gasteiger partial charge on any atom is 0.153 e. The quantitative estimate of drug-likeness (QED) is 0.897. The fourth-order valence-corrected chi connectivity index (χ4v) is 2.05. The van der Waals surface area contributed by atoms with Gasteiger partial charge in [-0.2, -0.15) is 0 Å². The first-order valence-electron chi connectivity index (χ1n) is 4.73. The second kappa shape index (κ2) is 4.67. The standard InChI is InChI=1S/C9H11BrN6/c1-11-6(9-12-4-3-5-13-9)7-8(10)14-15-16(7)2/h3-6,11H,1-2H3. The summed E-state index contributed by atoms with van der Waals surface area (Å²) in [5.74, 6) is 0.691. The third kappa shape index (κ3) is 1.96. The summed E-state index contributed by atoms with van der Waals surface area (Å²) < 4.78 is 2.39. The zero-order valence-corrected chi connectivity index (χ0v) is 10.5. The zero-order valence-electron chi connectivity index (χ0n) is 8.92.